The highest BCUT2D eigenvalue weighted by Gasteiger charge is 2.30. The number of carbonyl (C=O) groups is 1. The second kappa shape index (κ2) is 10.3. The average Bonchev–Trinajstić information content (AvgIpc) is 2.93. The summed E-state index contributed by atoms with van der Waals surface area (Å²) in [6.45, 7) is 0.777. The lowest BCUT2D eigenvalue weighted by atomic mass is 10.1. The van der Waals surface area contributed by atoms with Crippen LogP contribution < -0.4 is 0 Å². The van der Waals surface area contributed by atoms with Gasteiger partial charge in [-0.25, -0.2) is 23.4 Å². The molecule has 1 amide bonds. The van der Waals surface area contributed by atoms with E-state index < -0.39 is 10.0 Å². The number of rotatable bonds is 6. The molecule has 4 aromatic rings. The Morgan fingerprint density at radius 2 is 1.65 bits per heavy atom. The van der Waals surface area contributed by atoms with Gasteiger partial charge in [0.05, 0.1) is 16.2 Å². The number of pyridine rings is 1. The maximum atomic E-state index is 13.2. The van der Waals surface area contributed by atoms with Crippen LogP contribution in [0.25, 0.3) is 22.3 Å². The molecule has 1 aliphatic heterocycles. The smallest absolute Gasteiger partial charge is 0.257 e. The van der Waals surface area contributed by atoms with Crippen molar-refractivity contribution in [2.45, 2.75) is 11.4 Å². The monoisotopic (exact) mass is 536 g/mol. The van der Waals surface area contributed by atoms with Crippen LogP contribution in [0, 0.1) is 4.91 Å². The molecule has 2 aromatic heterocycles. The van der Waals surface area contributed by atoms with Gasteiger partial charge in [-0.05, 0) is 47.2 Å². The maximum absolute atomic E-state index is 13.2. The number of halogens is 1. The highest BCUT2D eigenvalue weighted by molar-refractivity contribution is 7.89. The van der Waals surface area contributed by atoms with Gasteiger partial charge in [0.2, 0.25) is 10.0 Å². The molecule has 5 rings (SSSR count). The van der Waals surface area contributed by atoms with Gasteiger partial charge in [-0.15, -0.1) is 0 Å². The Kier molecular flexibility index (Phi) is 6.92. The normalized spacial score (nSPS) is 14.6. The van der Waals surface area contributed by atoms with Crippen LogP contribution in [0.2, 0.25) is 5.02 Å². The van der Waals surface area contributed by atoms with Gasteiger partial charge in [0.15, 0.2) is 5.82 Å². The van der Waals surface area contributed by atoms with Gasteiger partial charge in [0, 0.05) is 43.6 Å². The molecular weight excluding hydrogens is 516 g/mol. The molecule has 3 heterocycles. The van der Waals surface area contributed by atoms with Crippen LogP contribution in [0.5, 0.6) is 0 Å². The predicted octanol–water partition coefficient (Wildman–Crippen LogP) is 3.76. The average molecular weight is 537 g/mol. The van der Waals surface area contributed by atoms with Crippen molar-refractivity contribution in [2.75, 3.05) is 26.2 Å². The maximum Gasteiger partial charge on any atom is 0.257 e. The standard InChI is InChI=1S/C25H21ClN6O4S/c26-20-6-4-18-13-22(7-5-17(18)12-20)37(35,36)32-10-8-31(9-11-32)25(33)19-14-27-24(28-15-19)23-3-1-2-21(30-23)16-29-34/h1-7,12-15H,8-11,16H2. The third kappa shape index (κ3) is 5.19. The topological polar surface area (TPSA) is 126 Å². The SMILES string of the molecule is O=NCc1cccc(-c2ncc(C(=O)N3CCN(S(=O)(=O)c4ccc5cc(Cl)ccc5c4)CC3)cn2)n1. The number of sulfonamides is 1. The van der Waals surface area contributed by atoms with Crippen molar-refractivity contribution in [2.24, 2.45) is 5.18 Å². The number of hydrogen-bond donors (Lipinski definition) is 0. The van der Waals surface area contributed by atoms with E-state index in [0.717, 1.165) is 10.8 Å². The molecule has 2 aromatic carbocycles. The third-order valence-electron chi connectivity index (χ3n) is 6.10. The van der Waals surface area contributed by atoms with Gasteiger partial charge in [-0.2, -0.15) is 9.21 Å². The van der Waals surface area contributed by atoms with Crippen molar-refractivity contribution in [1.29, 1.82) is 0 Å². The Morgan fingerprint density at radius 3 is 2.38 bits per heavy atom. The summed E-state index contributed by atoms with van der Waals surface area (Å²) < 4.78 is 27.8. The largest absolute Gasteiger partial charge is 0.336 e. The van der Waals surface area contributed by atoms with Crippen molar-refractivity contribution in [1.82, 2.24) is 24.2 Å². The van der Waals surface area contributed by atoms with Crippen LogP contribution >= 0.6 is 11.6 Å². The Bertz CT molecular complexity index is 1590. The number of hydrogen-bond acceptors (Lipinski definition) is 8. The first-order valence-corrected chi connectivity index (χ1v) is 13.2. The molecule has 10 nitrogen and oxygen atoms in total. The van der Waals surface area contributed by atoms with Gasteiger partial charge in [-0.1, -0.05) is 35.0 Å². The minimum atomic E-state index is -3.72. The molecule has 0 saturated carbocycles. The molecular formula is C25H21ClN6O4S. The van der Waals surface area contributed by atoms with Crippen LogP contribution in [0.4, 0.5) is 0 Å². The molecule has 0 bridgehead atoms. The molecule has 188 valence electrons. The number of aromatic nitrogens is 3. The fourth-order valence-electron chi connectivity index (χ4n) is 4.15. The summed E-state index contributed by atoms with van der Waals surface area (Å²) in [7, 11) is -3.72. The number of nitrogens with zero attached hydrogens (tertiary/aromatic N) is 6. The number of piperazine rings is 1. The minimum Gasteiger partial charge on any atom is -0.336 e. The fraction of sp³-hybridized carbons (Fsp3) is 0.200. The number of fused-ring (bicyclic) bond motifs is 1. The predicted molar refractivity (Wildman–Crippen MR) is 138 cm³/mol. The summed E-state index contributed by atoms with van der Waals surface area (Å²) in [5.41, 5.74) is 1.26. The third-order valence-corrected chi connectivity index (χ3v) is 8.23. The number of benzene rings is 2. The van der Waals surface area contributed by atoms with E-state index in [4.69, 9.17) is 11.6 Å². The van der Waals surface area contributed by atoms with Crippen LogP contribution in [0.15, 0.2) is 77.1 Å². The van der Waals surface area contributed by atoms with Crippen molar-refractivity contribution in [3.63, 3.8) is 0 Å². The zero-order valence-electron chi connectivity index (χ0n) is 19.5. The van der Waals surface area contributed by atoms with Crippen LogP contribution in [-0.4, -0.2) is 64.7 Å². The van der Waals surface area contributed by atoms with Gasteiger partial charge < -0.3 is 4.90 Å². The van der Waals surface area contributed by atoms with Crippen molar-refractivity contribution in [3.05, 3.63) is 88.2 Å². The van der Waals surface area contributed by atoms with E-state index in [1.165, 1.54) is 16.7 Å². The second-order valence-electron chi connectivity index (χ2n) is 8.45. The van der Waals surface area contributed by atoms with Crippen molar-refractivity contribution >= 4 is 38.3 Å². The molecule has 1 saturated heterocycles. The molecule has 0 radical (unpaired) electrons. The quantitative estimate of drug-likeness (QED) is 0.343. The minimum absolute atomic E-state index is 0.0537. The molecule has 1 fully saturated rings. The van der Waals surface area contributed by atoms with E-state index in [0.29, 0.717) is 27.8 Å². The van der Waals surface area contributed by atoms with E-state index in [1.54, 1.807) is 59.5 Å². The van der Waals surface area contributed by atoms with E-state index >= 15 is 0 Å². The Hall–Kier alpha value is -3.80. The van der Waals surface area contributed by atoms with Crippen LogP contribution in [-0.2, 0) is 16.6 Å². The van der Waals surface area contributed by atoms with Gasteiger partial charge >= 0.3 is 0 Å². The lowest BCUT2D eigenvalue weighted by Crippen LogP contribution is -2.50. The van der Waals surface area contributed by atoms with E-state index in [9.17, 15) is 18.1 Å². The number of nitroso groups, excluding NO2 is 1. The lowest BCUT2D eigenvalue weighted by Gasteiger charge is -2.34. The van der Waals surface area contributed by atoms with E-state index in [2.05, 4.69) is 20.1 Å². The Labute approximate surface area is 218 Å². The first kappa shape index (κ1) is 24.9. The highest BCUT2D eigenvalue weighted by atomic mass is 35.5. The summed E-state index contributed by atoms with van der Waals surface area (Å²) in [4.78, 5) is 38.1. The molecule has 0 aliphatic carbocycles. The molecule has 0 N–H and O–H groups in total. The highest BCUT2D eigenvalue weighted by Crippen LogP contribution is 2.25. The lowest BCUT2D eigenvalue weighted by molar-refractivity contribution is 0.0697. The van der Waals surface area contributed by atoms with E-state index in [-0.39, 0.29) is 43.5 Å². The van der Waals surface area contributed by atoms with E-state index in [1.807, 2.05) is 0 Å². The zero-order chi connectivity index (χ0) is 26.0. The molecule has 1 aliphatic rings. The molecule has 0 spiro atoms. The molecule has 37 heavy (non-hydrogen) atoms. The van der Waals surface area contributed by atoms with Gasteiger partial charge in [0.1, 0.15) is 12.2 Å². The Balaban J connectivity index is 1.25. The number of carbonyl (C=O) groups excluding carboxylic acids is 1. The van der Waals surface area contributed by atoms with Crippen molar-refractivity contribution in [3.8, 4) is 11.5 Å². The van der Waals surface area contributed by atoms with Crippen LogP contribution in [0.3, 0.4) is 0 Å². The Morgan fingerprint density at radius 1 is 0.946 bits per heavy atom. The molecule has 12 heteroatoms. The fourth-order valence-corrected chi connectivity index (χ4v) is 5.79. The first-order chi connectivity index (χ1) is 17.8. The second-order valence-corrected chi connectivity index (χ2v) is 10.8. The summed E-state index contributed by atoms with van der Waals surface area (Å²) in [6.07, 6.45) is 2.84. The van der Waals surface area contributed by atoms with Gasteiger partial charge in [-0.3, -0.25) is 4.79 Å². The summed E-state index contributed by atoms with van der Waals surface area (Å²) in [6, 6.07) is 15.4. The van der Waals surface area contributed by atoms with Gasteiger partial charge in [0.25, 0.3) is 5.91 Å². The first-order valence-electron chi connectivity index (χ1n) is 11.4. The summed E-state index contributed by atoms with van der Waals surface area (Å²) in [5, 5.41) is 5.06. The zero-order valence-corrected chi connectivity index (χ0v) is 21.1. The molecule has 0 atom stereocenters. The molecule has 0 unspecified atom stereocenters. The van der Waals surface area contributed by atoms with Crippen molar-refractivity contribution < 1.29 is 13.2 Å². The summed E-state index contributed by atoms with van der Waals surface area (Å²) >= 11 is 6.02. The van der Waals surface area contributed by atoms with Crippen LogP contribution in [0.1, 0.15) is 16.1 Å². The number of amides is 1. The summed E-state index contributed by atoms with van der Waals surface area (Å²) in [5.74, 6) is 0.0379.